The van der Waals surface area contributed by atoms with Crippen LogP contribution in [0.1, 0.15) is 12.5 Å². The molecule has 7 heteroatoms. The van der Waals surface area contributed by atoms with Crippen LogP contribution in [0.15, 0.2) is 42.5 Å². The molecule has 28 heavy (non-hydrogen) atoms. The quantitative estimate of drug-likeness (QED) is 0.663. The third-order valence-corrected chi connectivity index (χ3v) is 5.62. The van der Waals surface area contributed by atoms with Crippen molar-refractivity contribution >= 4 is 23.2 Å². The summed E-state index contributed by atoms with van der Waals surface area (Å²) in [5.74, 6) is 0.469. The van der Waals surface area contributed by atoms with Crippen LogP contribution in [0.4, 0.5) is 10.1 Å². The Hall–Kier alpha value is -2.15. The minimum atomic E-state index is -0.245. The van der Waals surface area contributed by atoms with Gasteiger partial charge in [-0.05, 0) is 43.3 Å². The maximum atomic E-state index is 13.6. The molecule has 1 aliphatic rings. The number of halogens is 2. The topological polar surface area (TPSA) is 47.2 Å². The zero-order chi connectivity index (χ0) is 20.1. The fraction of sp³-hybridized carbons (Fsp3) is 0.381. The molecule has 3 rings (SSSR count). The molecule has 1 aliphatic heterocycles. The van der Waals surface area contributed by atoms with Crippen LogP contribution >= 0.6 is 11.6 Å². The van der Waals surface area contributed by atoms with Crippen LogP contribution in [0.3, 0.4) is 0 Å². The molecule has 1 atom stereocenters. The molecular weight excluding hydrogens is 381 g/mol. The van der Waals surface area contributed by atoms with Gasteiger partial charge in [0.1, 0.15) is 44.3 Å². The predicted molar refractivity (Wildman–Crippen MR) is 108 cm³/mol. The number of ether oxygens (including phenoxy) is 1. The lowest BCUT2D eigenvalue weighted by atomic mass is 10.1. The average Bonchev–Trinajstić information content (AvgIpc) is 2.68. The number of rotatable bonds is 6. The van der Waals surface area contributed by atoms with Gasteiger partial charge in [0.2, 0.25) is 0 Å². The molecule has 3 N–H and O–H groups in total. The van der Waals surface area contributed by atoms with Gasteiger partial charge in [-0.25, -0.2) is 4.39 Å². The summed E-state index contributed by atoms with van der Waals surface area (Å²) in [5, 5.41) is 3.54. The first-order valence-electron chi connectivity index (χ1n) is 9.53. The van der Waals surface area contributed by atoms with Gasteiger partial charge >= 0.3 is 0 Å². The molecule has 2 aromatic rings. The number of hydrogen-bond acceptors (Lipinski definition) is 2. The molecule has 5 nitrogen and oxygen atoms in total. The van der Waals surface area contributed by atoms with Crippen LogP contribution < -0.4 is 19.9 Å². The molecule has 1 saturated heterocycles. The molecule has 0 radical (unpaired) electrons. The second-order valence-corrected chi connectivity index (χ2v) is 7.70. The molecule has 1 amide bonds. The molecule has 1 heterocycles. The fourth-order valence-corrected chi connectivity index (χ4v) is 3.88. The van der Waals surface area contributed by atoms with E-state index in [0.717, 1.165) is 44.0 Å². The number of nitrogens with one attached hydrogen (secondary N) is 3. The van der Waals surface area contributed by atoms with Gasteiger partial charge in [-0.15, -0.1) is 0 Å². The molecule has 0 unspecified atom stereocenters. The summed E-state index contributed by atoms with van der Waals surface area (Å²) in [4.78, 5) is 15.2. The van der Waals surface area contributed by atoms with Crippen molar-refractivity contribution in [2.75, 3.05) is 38.6 Å². The van der Waals surface area contributed by atoms with Crippen molar-refractivity contribution in [3.05, 3.63) is 58.9 Å². The lowest BCUT2D eigenvalue weighted by Crippen LogP contribution is -3.29. The van der Waals surface area contributed by atoms with Crippen LogP contribution in [-0.4, -0.2) is 45.2 Å². The van der Waals surface area contributed by atoms with E-state index in [1.54, 1.807) is 31.4 Å². The first-order chi connectivity index (χ1) is 13.5. The Morgan fingerprint density at radius 1 is 1.21 bits per heavy atom. The first-order valence-corrected chi connectivity index (χ1v) is 9.91. The first kappa shape index (κ1) is 20.6. The van der Waals surface area contributed by atoms with Crippen molar-refractivity contribution in [1.29, 1.82) is 0 Å². The van der Waals surface area contributed by atoms with E-state index in [2.05, 4.69) is 5.32 Å². The summed E-state index contributed by atoms with van der Waals surface area (Å²) >= 11 is 5.98. The normalized spacial score (nSPS) is 20.4. The maximum Gasteiger partial charge on any atom is 0.282 e. The van der Waals surface area contributed by atoms with E-state index >= 15 is 0 Å². The van der Waals surface area contributed by atoms with E-state index in [4.69, 9.17) is 16.3 Å². The van der Waals surface area contributed by atoms with Gasteiger partial charge in [0.15, 0.2) is 6.04 Å². The van der Waals surface area contributed by atoms with Gasteiger partial charge in [-0.1, -0.05) is 17.7 Å². The van der Waals surface area contributed by atoms with Gasteiger partial charge in [0, 0.05) is 10.7 Å². The van der Waals surface area contributed by atoms with Crippen LogP contribution in [0.5, 0.6) is 5.75 Å². The van der Waals surface area contributed by atoms with Crippen molar-refractivity contribution in [1.82, 2.24) is 0 Å². The predicted octanol–water partition coefficient (Wildman–Crippen LogP) is 0.798. The highest BCUT2D eigenvalue weighted by Crippen LogP contribution is 2.18. The van der Waals surface area contributed by atoms with Crippen LogP contribution in [-0.2, 0) is 11.3 Å². The van der Waals surface area contributed by atoms with E-state index in [1.165, 1.54) is 15.9 Å². The highest BCUT2D eigenvalue weighted by atomic mass is 35.5. The van der Waals surface area contributed by atoms with Gasteiger partial charge in [0.05, 0.1) is 12.7 Å². The van der Waals surface area contributed by atoms with Crippen molar-refractivity contribution in [3.8, 4) is 5.75 Å². The second-order valence-electron chi connectivity index (χ2n) is 7.26. The van der Waals surface area contributed by atoms with Crippen LogP contribution in [0.2, 0.25) is 5.02 Å². The second kappa shape index (κ2) is 9.37. The zero-order valence-corrected chi connectivity index (χ0v) is 17.0. The van der Waals surface area contributed by atoms with E-state index in [9.17, 15) is 9.18 Å². The zero-order valence-electron chi connectivity index (χ0n) is 16.2. The smallest absolute Gasteiger partial charge is 0.282 e. The van der Waals surface area contributed by atoms with Crippen molar-refractivity contribution in [2.45, 2.75) is 19.5 Å². The largest absolute Gasteiger partial charge is 0.496 e. The Kier molecular flexibility index (Phi) is 6.88. The molecule has 0 spiro atoms. The lowest BCUT2D eigenvalue weighted by Gasteiger charge is -2.32. The maximum absolute atomic E-state index is 13.6. The summed E-state index contributed by atoms with van der Waals surface area (Å²) in [6.07, 6.45) is 0. The van der Waals surface area contributed by atoms with E-state index in [1.807, 2.05) is 19.1 Å². The Morgan fingerprint density at radius 3 is 2.64 bits per heavy atom. The van der Waals surface area contributed by atoms with Crippen molar-refractivity contribution in [2.24, 2.45) is 0 Å². The third-order valence-electron chi connectivity index (χ3n) is 5.38. The number of carbonyl (C=O) groups excluding carboxylic acids is 1. The van der Waals surface area contributed by atoms with Crippen LogP contribution in [0.25, 0.3) is 0 Å². The minimum Gasteiger partial charge on any atom is -0.496 e. The minimum absolute atomic E-state index is 0.00693. The van der Waals surface area contributed by atoms with E-state index in [-0.39, 0.29) is 17.8 Å². The number of quaternary nitrogens is 2. The lowest BCUT2D eigenvalue weighted by molar-refractivity contribution is -1.02. The average molecular weight is 408 g/mol. The summed E-state index contributed by atoms with van der Waals surface area (Å²) in [7, 11) is 1.61. The molecule has 0 saturated carbocycles. The summed E-state index contributed by atoms with van der Waals surface area (Å²) in [6, 6.07) is 11.7. The van der Waals surface area contributed by atoms with Crippen molar-refractivity contribution in [3.63, 3.8) is 0 Å². The van der Waals surface area contributed by atoms with Crippen molar-refractivity contribution < 1.29 is 23.7 Å². The number of anilines is 1. The van der Waals surface area contributed by atoms with E-state index in [0.29, 0.717) is 10.7 Å². The summed E-state index contributed by atoms with van der Waals surface area (Å²) in [5.41, 5.74) is 1.60. The van der Waals surface area contributed by atoms with E-state index < -0.39 is 0 Å². The highest BCUT2D eigenvalue weighted by molar-refractivity contribution is 6.30. The van der Waals surface area contributed by atoms with Gasteiger partial charge in [-0.3, -0.25) is 4.79 Å². The number of methoxy groups -OCH3 is 1. The molecule has 0 aromatic heterocycles. The summed E-state index contributed by atoms with van der Waals surface area (Å²) in [6.45, 7) is 6.29. The number of hydrogen-bond donors (Lipinski definition) is 3. The fourth-order valence-electron chi connectivity index (χ4n) is 3.69. The molecule has 2 aromatic carbocycles. The molecule has 150 valence electrons. The Bertz CT molecular complexity index is 825. The van der Waals surface area contributed by atoms with Gasteiger partial charge in [-0.2, -0.15) is 0 Å². The Morgan fingerprint density at radius 2 is 1.96 bits per heavy atom. The Balaban J connectivity index is 1.53. The number of carbonyl (C=O) groups is 1. The standard InChI is InChI=1S/C21H25ClFN3O2/c1-15(21(27)24-19-5-3-4-17(22)13-19)26-10-8-25(9-11-26)14-16-12-18(23)6-7-20(16)28-2/h3-7,12-13,15H,8-11,14H2,1-2H3,(H,24,27)/p+2/t15-/m0/s1. The third kappa shape index (κ3) is 5.22. The number of benzene rings is 2. The molecule has 0 bridgehead atoms. The monoisotopic (exact) mass is 407 g/mol. The number of amides is 1. The molecular formula is C21H27ClFN3O2+2. The van der Waals surface area contributed by atoms with Crippen LogP contribution in [0, 0.1) is 5.82 Å². The highest BCUT2D eigenvalue weighted by Gasteiger charge is 2.31. The summed E-state index contributed by atoms with van der Waals surface area (Å²) < 4.78 is 18.9. The number of piperazine rings is 1. The van der Waals surface area contributed by atoms with Gasteiger partial charge in [0.25, 0.3) is 5.91 Å². The molecule has 0 aliphatic carbocycles. The SMILES string of the molecule is COc1ccc(F)cc1C[NH+]1CC[NH+]([C@@H](C)C(=O)Nc2cccc(Cl)c2)CC1. The Labute approximate surface area is 170 Å². The van der Waals surface area contributed by atoms with Gasteiger partial charge < -0.3 is 19.9 Å². The molecule has 1 fully saturated rings.